The first-order valence-corrected chi connectivity index (χ1v) is 14.3. The summed E-state index contributed by atoms with van der Waals surface area (Å²) in [6.45, 7) is 3.99. The number of aliphatic hydroxyl groups excluding tert-OH is 2. The average molecular weight is 512 g/mol. The smallest absolute Gasteiger partial charge is 0.220 e. The Labute approximate surface area is 227 Å². The van der Waals surface area contributed by atoms with Crippen molar-refractivity contribution in [2.45, 2.75) is 109 Å². The standard InChI is InChI=1S/C33H53NO3/c1-3-5-7-9-11-13-15-16-17-18-19-21-23-25-27-29-33(37)34-31(30-35)32(36)28-26-24-22-20-14-12-10-8-6-4-2/h5-8,11,13-14,16-17,19-21,26,28,31-32,35-36H,3-4,9-10,12,15,18,22-25,27,29-30H2,1-2H3,(H,34,37)/b7-5-,8-6+,13-11-,17-16-,20-14+,21-19-,28-26+. The molecule has 4 nitrogen and oxygen atoms in total. The summed E-state index contributed by atoms with van der Waals surface area (Å²) in [6, 6.07) is -0.668. The number of amides is 1. The minimum absolute atomic E-state index is 0.128. The molecule has 208 valence electrons. The number of allylic oxidation sites excluding steroid dienone is 13. The minimum Gasteiger partial charge on any atom is -0.394 e. The molecule has 37 heavy (non-hydrogen) atoms. The lowest BCUT2D eigenvalue weighted by atomic mass is 10.1. The van der Waals surface area contributed by atoms with Gasteiger partial charge in [0.05, 0.1) is 18.8 Å². The third-order valence-corrected chi connectivity index (χ3v) is 5.60. The maximum Gasteiger partial charge on any atom is 0.220 e. The van der Waals surface area contributed by atoms with E-state index in [0.29, 0.717) is 6.42 Å². The maximum atomic E-state index is 12.2. The summed E-state index contributed by atoms with van der Waals surface area (Å²) in [6.07, 6.45) is 40.9. The lowest BCUT2D eigenvalue weighted by molar-refractivity contribution is -0.123. The highest BCUT2D eigenvalue weighted by molar-refractivity contribution is 5.76. The van der Waals surface area contributed by atoms with Crippen LogP contribution in [-0.4, -0.2) is 34.9 Å². The Kier molecular flexibility index (Phi) is 26.3. The van der Waals surface area contributed by atoms with E-state index in [-0.39, 0.29) is 12.5 Å². The van der Waals surface area contributed by atoms with Crippen molar-refractivity contribution < 1.29 is 15.0 Å². The van der Waals surface area contributed by atoms with Crippen molar-refractivity contribution in [3.05, 3.63) is 85.1 Å². The van der Waals surface area contributed by atoms with E-state index in [9.17, 15) is 15.0 Å². The van der Waals surface area contributed by atoms with Crippen molar-refractivity contribution >= 4 is 5.91 Å². The number of hydrogen-bond acceptors (Lipinski definition) is 3. The fraction of sp³-hybridized carbons (Fsp3) is 0.545. The van der Waals surface area contributed by atoms with Gasteiger partial charge in [-0.15, -0.1) is 0 Å². The van der Waals surface area contributed by atoms with E-state index < -0.39 is 12.1 Å². The van der Waals surface area contributed by atoms with Crippen molar-refractivity contribution in [3.8, 4) is 0 Å². The average Bonchev–Trinajstić information content (AvgIpc) is 2.90. The van der Waals surface area contributed by atoms with Gasteiger partial charge < -0.3 is 15.5 Å². The summed E-state index contributed by atoms with van der Waals surface area (Å²) in [5.41, 5.74) is 0. The Morgan fingerprint density at radius 1 is 0.649 bits per heavy atom. The van der Waals surface area contributed by atoms with Crippen LogP contribution in [0.4, 0.5) is 0 Å². The Balaban J connectivity index is 3.90. The van der Waals surface area contributed by atoms with Gasteiger partial charge in [-0.1, -0.05) is 98.9 Å². The van der Waals surface area contributed by atoms with Crippen LogP contribution in [0.2, 0.25) is 0 Å². The number of nitrogens with one attached hydrogen (secondary N) is 1. The summed E-state index contributed by atoms with van der Waals surface area (Å²) in [7, 11) is 0. The summed E-state index contributed by atoms with van der Waals surface area (Å²) < 4.78 is 0. The lowest BCUT2D eigenvalue weighted by Gasteiger charge is -2.19. The van der Waals surface area contributed by atoms with E-state index in [1.165, 1.54) is 0 Å². The monoisotopic (exact) mass is 511 g/mol. The fourth-order valence-corrected chi connectivity index (χ4v) is 3.44. The predicted octanol–water partition coefficient (Wildman–Crippen LogP) is 7.83. The summed E-state index contributed by atoms with van der Waals surface area (Å²) in [4.78, 5) is 12.2. The number of unbranched alkanes of at least 4 members (excludes halogenated alkanes) is 4. The molecular weight excluding hydrogens is 458 g/mol. The zero-order valence-corrected chi connectivity index (χ0v) is 23.4. The largest absolute Gasteiger partial charge is 0.394 e. The van der Waals surface area contributed by atoms with Gasteiger partial charge in [0.25, 0.3) is 0 Å². The zero-order valence-electron chi connectivity index (χ0n) is 23.4. The maximum absolute atomic E-state index is 12.2. The van der Waals surface area contributed by atoms with Crippen LogP contribution in [-0.2, 0) is 4.79 Å². The Morgan fingerprint density at radius 2 is 1.11 bits per heavy atom. The van der Waals surface area contributed by atoms with Crippen LogP contribution in [0.1, 0.15) is 97.3 Å². The second kappa shape index (κ2) is 28.1. The molecule has 0 aliphatic rings. The van der Waals surface area contributed by atoms with E-state index in [1.807, 2.05) is 6.08 Å². The molecule has 0 aliphatic carbocycles. The first-order chi connectivity index (χ1) is 18.2. The molecule has 0 saturated carbocycles. The molecule has 2 unspecified atom stereocenters. The molecule has 0 aromatic heterocycles. The third-order valence-electron chi connectivity index (χ3n) is 5.60. The number of aliphatic hydroxyl groups is 2. The first kappa shape index (κ1) is 34.6. The molecule has 3 N–H and O–H groups in total. The lowest BCUT2D eigenvalue weighted by Crippen LogP contribution is -2.45. The molecule has 0 bridgehead atoms. The number of carbonyl (C=O) groups is 1. The van der Waals surface area contributed by atoms with Crippen molar-refractivity contribution in [1.29, 1.82) is 0 Å². The van der Waals surface area contributed by atoms with E-state index in [2.05, 4.69) is 92.1 Å². The molecule has 0 aromatic carbocycles. The van der Waals surface area contributed by atoms with E-state index in [0.717, 1.165) is 77.0 Å². The molecule has 0 heterocycles. The van der Waals surface area contributed by atoms with Crippen molar-refractivity contribution in [1.82, 2.24) is 5.32 Å². The second-order valence-electron chi connectivity index (χ2n) is 9.03. The SMILES string of the molecule is CC/C=C\C/C=C\C/C=C\C/C=C\CCCCC(=O)NC(CO)C(O)/C=C/CC/C=C/CC/C=C/CC. The highest BCUT2D eigenvalue weighted by Gasteiger charge is 2.17. The van der Waals surface area contributed by atoms with Crippen molar-refractivity contribution in [3.63, 3.8) is 0 Å². The van der Waals surface area contributed by atoms with Crippen LogP contribution in [0.5, 0.6) is 0 Å². The Morgan fingerprint density at radius 3 is 1.68 bits per heavy atom. The van der Waals surface area contributed by atoms with E-state index in [1.54, 1.807) is 6.08 Å². The van der Waals surface area contributed by atoms with Crippen LogP contribution in [0.15, 0.2) is 85.1 Å². The first-order valence-electron chi connectivity index (χ1n) is 14.3. The molecule has 4 heteroatoms. The molecule has 0 aromatic rings. The van der Waals surface area contributed by atoms with Gasteiger partial charge in [-0.05, 0) is 77.0 Å². The van der Waals surface area contributed by atoms with Crippen LogP contribution in [0.3, 0.4) is 0 Å². The highest BCUT2D eigenvalue weighted by Crippen LogP contribution is 2.05. The number of rotatable bonds is 23. The van der Waals surface area contributed by atoms with E-state index >= 15 is 0 Å². The topological polar surface area (TPSA) is 69.6 Å². The van der Waals surface area contributed by atoms with Gasteiger partial charge in [0.2, 0.25) is 5.91 Å². The van der Waals surface area contributed by atoms with Crippen LogP contribution < -0.4 is 5.32 Å². The molecule has 2 atom stereocenters. The molecule has 0 rings (SSSR count). The van der Waals surface area contributed by atoms with Gasteiger partial charge in [0, 0.05) is 6.42 Å². The molecule has 0 saturated heterocycles. The molecule has 0 fully saturated rings. The second-order valence-corrected chi connectivity index (χ2v) is 9.03. The quantitative estimate of drug-likeness (QED) is 0.0967. The number of hydrogen-bond donors (Lipinski definition) is 3. The third kappa shape index (κ3) is 25.0. The predicted molar refractivity (Wildman–Crippen MR) is 160 cm³/mol. The van der Waals surface area contributed by atoms with Crippen molar-refractivity contribution in [2.75, 3.05) is 6.61 Å². The molecule has 0 spiro atoms. The number of carbonyl (C=O) groups excluding carboxylic acids is 1. The van der Waals surface area contributed by atoms with Crippen LogP contribution >= 0.6 is 0 Å². The van der Waals surface area contributed by atoms with Gasteiger partial charge in [-0.2, -0.15) is 0 Å². The highest BCUT2D eigenvalue weighted by atomic mass is 16.3. The minimum atomic E-state index is -0.888. The van der Waals surface area contributed by atoms with Gasteiger partial charge in [-0.25, -0.2) is 0 Å². The Hall–Kier alpha value is -2.43. The van der Waals surface area contributed by atoms with Gasteiger partial charge in [0.15, 0.2) is 0 Å². The van der Waals surface area contributed by atoms with Gasteiger partial charge in [-0.3, -0.25) is 4.79 Å². The molecule has 1 amide bonds. The van der Waals surface area contributed by atoms with Gasteiger partial charge in [0.1, 0.15) is 0 Å². The molecular formula is C33H53NO3. The summed E-state index contributed by atoms with van der Waals surface area (Å²) in [5.74, 6) is -0.128. The zero-order chi connectivity index (χ0) is 27.2. The normalized spacial score (nSPS) is 14.6. The van der Waals surface area contributed by atoms with Crippen LogP contribution in [0.25, 0.3) is 0 Å². The van der Waals surface area contributed by atoms with Gasteiger partial charge >= 0.3 is 0 Å². The fourth-order valence-electron chi connectivity index (χ4n) is 3.44. The summed E-state index contributed by atoms with van der Waals surface area (Å²) in [5, 5.41) is 22.6. The molecule has 0 aliphatic heterocycles. The summed E-state index contributed by atoms with van der Waals surface area (Å²) >= 11 is 0. The Bertz CT molecular complexity index is 728. The van der Waals surface area contributed by atoms with Crippen molar-refractivity contribution in [2.24, 2.45) is 0 Å². The van der Waals surface area contributed by atoms with E-state index in [4.69, 9.17) is 0 Å². The van der Waals surface area contributed by atoms with Crippen LogP contribution in [0, 0.1) is 0 Å². The molecule has 0 radical (unpaired) electrons.